The number of aromatic nitrogens is 2. The molecule has 0 saturated heterocycles. The molecule has 0 N–H and O–H groups in total. The van der Waals surface area contributed by atoms with Crippen LogP contribution < -0.4 is 0 Å². The summed E-state index contributed by atoms with van der Waals surface area (Å²) in [6.07, 6.45) is -4.61. The topological polar surface area (TPSA) is 44.1 Å². The van der Waals surface area contributed by atoms with Gasteiger partial charge in [-0.3, -0.25) is 4.68 Å². The van der Waals surface area contributed by atoms with Crippen molar-refractivity contribution in [3.8, 4) is 0 Å². The van der Waals surface area contributed by atoms with Crippen LogP contribution in [0, 0.1) is 12.7 Å². The van der Waals surface area contributed by atoms with E-state index in [1.54, 1.807) is 0 Å². The van der Waals surface area contributed by atoms with Gasteiger partial charge in [0.15, 0.2) is 0 Å². The van der Waals surface area contributed by atoms with Crippen molar-refractivity contribution in [2.45, 2.75) is 33.5 Å². The first-order chi connectivity index (χ1) is 13.6. The molecule has 0 atom stereocenters. The first-order valence-corrected chi connectivity index (χ1v) is 9.11. The van der Waals surface area contributed by atoms with Gasteiger partial charge >= 0.3 is 12.1 Å². The lowest BCUT2D eigenvalue weighted by atomic mass is 10.1. The predicted octanol–water partition coefficient (Wildman–Crippen LogP) is 6.02. The van der Waals surface area contributed by atoms with Crippen LogP contribution >= 0.6 is 11.6 Å². The molecule has 0 unspecified atom stereocenters. The van der Waals surface area contributed by atoms with E-state index in [2.05, 4.69) is 9.84 Å². The van der Waals surface area contributed by atoms with E-state index in [9.17, 15) is 22.4 Å². The monoisotopic (exact) mass is 430 g/mol. The second kappa shape index (κ2) is 8.82. The second-order valence-electron chi connectivity index (χ2n) is 5.85. The SMILES string of the molecule is CC.COC(=O)c1cc(F)c2c(C)nn(Cc3c(Cl)cccc3C(F)(F)F)c2c1. The van der Waals surface area contributed by atoms with Gasteiger partial charge in [0.05, 0.1) is 41.4 Å². The summed E-state index contributed by atoms with van der Waals surface area (Å²) in [7, 11) is 1.15. The second-order valence-corrected chi connectivity index (χ2v) is 6.26. The average molecular weight is 431 g/mol. The fourth-order valence-electron chi connectivity index (χ4n) is 2.93. The Morgan fingerprint density at radius 1 is 1.24 bits per heavy atom. The number of hydrogen-bond donors (Lipinski definition) is 0. The fourth-order valence-corrected chi connectivity index (χ4v) is 3.16. The molecule has 0 bridgehead atoms. The van der Waals surface area contributed by atoms with Crippen LogP contribution in [0.2, 0.25) is 5.02 Å². The maximum absolute atomic E-state index is 14.4. The number of alkyl halides is 3. The molecular weight excluding hydrogens is 412 g/mol. The number of carbonyl (C=O) groups is 1. The Hall–Kier alpha value is -2.61. The summed E-state index contributed by atoms with van der Waals surface area (Å²) in [4.78, 5) is 11.7. The van der Waals surface area contributed by atoms with Crippen molar-refractivity contribution in [2.75, 3.05) is 7.11 Å². The quantitative estimate of drug-likeness (QED) is 0.377. The largest absolute Gasteiger partial charge is 0.465 e. The van der Waals surface area contributed by atoms with Gasteiger partial charge in [-0.1, -0.05) is 31.5 Å². The molecule has 1 heterocycles. The zero-order valence-corrected chi connectivity index (χ0v) is 17.0. The van der Waals surface area contributed by atoms with Gasteiger partial charge in [0.25, 0.3) is 0 Å². The standard InChI is InChI=1S/C18H13ClF4N2O2.C2H6/c1-9-16-14(20)6-10(17(26)27-2)7-15(16)25(24-9)8-11-12(18(21,22)23)4-3-5-13(11)19;1-2/h3-7H,8H2,1-2H3;1-2H3. The maximum Gasteiger partial charge on any atom is 0.416 e. The van der Waals surface area contributed by atoms with Crippen molar-refractivity contribution in [1.82, 2.24) is 9.78 Å². The van der Waals surface area contributed by atoms with E-state index < -0.39 is 23.5 Å². The zero-order chi connectivity index (χ0) is 21.9. The molecule has 0 radical (unpaired) electrons. The van der Waals surface area contributed by atoms with Crippen molar-refractivity contribution < 1.29 is 27.1 Å². The summed E-state index contributed by atoms with van der Waals surface area (Å²) in [5.41, 5.74) is -0.722. The molecule has 0 spiro atoms. The van der Waals surface area contributed by atoms with E-state index in [0.29, 0.717) is 0 Å². The van der Waals surface area contributed by atoms with Gasteiger partial charge in [-0.05, 0) is 31.2 Å². The van der Waals surface area contributed by atoms with Gasteiger partial charge in [-0.15, -0.1) is 0 Å². The van der Waals surface area contributed by atoms with Gasteiger partial charge in [0.2, 0.25) is 0 Å². The van der Waals surface area contributed by atoms with Gasteiger partial charge in [-0.2, -0.15) is 18.3 Å². The highest BCUT2D eigenvalue weighted by Gasteiger charge is 2.34. The number of aryl methyl sites for hydroxylation is 1. The lowest BCUT2D eigenvalue weighted by Gasteiger charge is -2.15. The molecule has 156 valence electrons. The molecule has 1 aromatic heterocycles. The smallest absolute Gasteiger partial charge is 0.416 e. The number of rotatable bonds is 3. The molecule has 29 heavy (non-hydrogen) atoms. The molecule has 3 rings (SSSR count). The molecule has 9 heteroatoms. The Balaban J connectivity index is 0.00000145. The van der Waals surface area contributed by atoms with Crippen molar-refractivity contribution in [2.24, 2.45) is 0 Å². The third kappa shape index (κ3) is 4.53. The molecular formula is C20H19ClF4N2O2. The molecule has 0 amide bonds. The number of benzene rings is 2. The summed E-state index contributed by atoms with van der Waals surface area (Å²) < 4.78 is 60.2. The molecule has 4 nitrogen and oxygen atoms in total. The van der Waals surface area contributed by atoms with Crippen LogP contribution in [-0.2, 0) is 17.5 Å². The molecule has 0 aliphatic carbocycles. The van der Waals surface area contributed by atoms with Gasteiger partial charge in [0.1, 0.15) is 5.82 Å². The number of fused-ring (bicyclic) bond motifs is 1. The summed E-state index contributed by atoms with van der Waals surface area (Å²) in [5.74, 6) is -1.48. The Kier molecular flexibility index (Phi) is 6.89. The summed E-state index contributed by atoms with van der Waals surface area (Å²) in [6.45, 7) is 5.18. The zero-order valence-electron chi connectivity index (χ0n) is 16.2. The molecule has 3 aromatic rings. The minimum absolute atomic E-state index is 0.0705. The summed E-state index contributed by atoms with van der Waals surface area (Å²) in [6, 6.07) is 5.79. The van der Waals surface area contributed by atoms with Crippen LogP contribution in [0.4, 0.5) is 17.6 Å². The van der Waals surface area contributed by atoms with E-state index in [1.165, 1.54) is 29.8 Å². The molecule has 0 saturated carbocycles. The summed E-state index contributed by atoms with van der Waals surface area (Å²) in [5, 5.41) is 4.16. The average Bonchev–Trinajstić information content (AvgIpc) is 2.99. The Morgan fingerprint density at radius 3 is 2.48 bits per heavy atom. The van der Waals surface area contributed by atoms with Crippen molar-refractivity contribution >= 4 is 28.5 Å². The number of nitrogens with zero attached hydrogens (tertiary/aromatic N) is 2. The number of carbonyl (C=O) groups excluding carboxylic acids is 1. The Morgan fingerprint density at radius 2 is 1.90 bits per heavy atom. The highest BCUT2D eigenvalue weighted by Crippen LogP contribution is 2.36. The van der Waals surface area contributed by atoms with Gasteiger partial charge < -0.3 is 4.74 Å². The third-order valence-electron chi connectivity index (χ3n) is 4.13. The number of methoxy groups -OCH3 is 1. The first kappa shape index (κ1) is 22.7. The van der Waals surface area contributed by atoms with Crippen LogP contribution in [0.5, 0.6) is 0 Å². The molecule has 0 aliphatic rings. The van der Waals surface area contributed by atoms with Crippen molar-refractivity contribution in [1.29, 1.82) is 0 Å². The Labute approximate surface area is 170 Å². The van der Waals surface area contributed by atoms with Crippen LogP contribution in [0.1, 0.15) is 41.0 Å². The number of hydrogen-bond acceptors (Lipinski definition) is 3. The fraction of sp³-hybridized carbons (Fsp3) is 0.300. The van der Waals surface area contributed by atoms with Crippen LogP contribution in [0.25, 0.3) is 10.9 Å². The minimum atomic E-state index is -4.61. The first-order valence-electron chi connectivity index (χ1n) is 8.73. The lowest BCUT2D eigenvalue weighted by molar-refractivity contribution is -0.138. The highest BCUT2D eigenvalue weighted by atomic mass is 35.5. The number of ether oxygens (including phenoxy) is 1. The molecule has 2 aromatic carbocycles. The number of esters is 1. The molecule has 0 aliphatic heterocycles. The minimum Gasteiger partial charge on any atom is -0.465 e. The van der Waals surface area contributed by atoms with Gasteiger partial charge in [0, 0.05) is 10.6 Å². The third-order valence-corrected chi connectivity index (χ3v) is 4.49. The lowest BCUT2D eigenvalue weighted by Crippen LogP contribution is -2.13. The van der Waals surface area contributed by atoms with Crippen molar-refractivity contribution in [3.05, 3.63) is 63.6 Å². The van der Waals surface area contributed by atoms with E-state index >= 15 is 0 Å². The number of halogens is 5. The van der Waals surface area contributed by atoms with Crippen LogP contribution in [0.3, 0.4) is 0 Å². The van der Waals surface area contributed by atoms with E-state index in [4.69, 9.17) is 11.6 Å². The molecule has 0 fully saturated rings. The normalized spacial score (nSPS) is 11.2. The van der Waals surface area contributed by atoms with Crippen LogP contribution in [-0.4, -0.2) is 22.9 Å². The Bertz CT molecular complexity index is 1050. The maximum atomic E-state index is 14.4. The van der Waals surface area contributed by atoms with Gasteiger partial charge in [-0.25, -0.2) is 9.18 Å². The van der Waals surface area contributed by atoms with E-state index in [-0.39, 0.29) is 39.3 Å². The van der Waals surface area contributed by atoms with Crippen molar-refractivity contribution in [3.63, 3.8) is 0 Å². The van der Waals surface area contributed by atoms with Crippen LogP contribution in [0.15, 0.2) is 30.3 Å². The summed E-state index contributed by atoms with van der Waals surface area (Å²) >= 11 is 5.99. The predicted molar refractivity (Wildman–Crippen MR) is 103 cm³/mol. The van der Waals surface area contributed by atoms with E-state index in [0.717, 1.165) is 19.2 Å². The highest BCUT2D eigenvalue weighted by molar-refractivity contribution is 6.31. The van der Waals surface area contributed by atoms with E-state index in [1.807, 2.05) is 13.8 Å².